The number of aliphatic hydroxyl groups is 1. The van der Waals surface area contributed by atoms with Crippen molar-refractivity contribution in [3.8, 4) is 0 Å². The predicted octanol–water partition coefficient (Wildman–Crippen LogP) is 2.90. The standard InChI is InChI=1S/C24H31F3N4O2/c1-30-13-19-11-17(5-6-22(19)29-30)23(33)28-9-7-21(32)15-31-10-8-18(14-31)16-3-2-4-20(12-16)24(25,26)27/h2-4,12-13,17-18,21,32H,5-11,14-15H2,1H3,(H,28,33)/t17?,18?,21-/m1/s1. The number of aromatic nitrogens is 2. The molecule has 180 valence electrons. The van der Waals surface area contributed by atoms with Crippen molar-refractivity contribution < 1.29 is 23.1 Å². The van der Waals surface area contributed by atoms with E-state index in [-0.39, 0.29) is 17.7 Å². The number of aryl methyl sites for hydroxylation is 2. The number of benzene rings is 1. The molecule has 3 atom stereocenters. The average molecular weight is 465 g/mol. The highest BCUT2D eigenvalue weighted by Gasteiger charge is 2.32. The second kappa shape index (κ2) is 9.85. The van der Waals surface area contributed by atoms with Gasteiger partial charge in [-0.3, -0.25) is 9.48 Å². The van der Waals surface area contributed by atoms with Crippen molar-refractivity contribution in [1.82, 2.24) is 20.0 Å². The number of hydrogen-bond donors (Lipinski definition) is 2. The second-order valence-electron chi connectivity index (χ2n) is 9.32. The zero-order valence-corrected chi connectivity index (χ0v) is 18.8. The number of carbonyl (C=O) groups is 1. The van der Waals surface area contributed by atoms with Gasteiger partial charge >= 0.3 is 6.18 Å². The number of aliphatic hydroxyl groups excluding tert-OH is 1. The molecule has 1 aromatic heterocycles. The van der Waals surface area contributed by atoms with Crippen LogP contribution in [0.2, 0.25) is 0 Å². The summed E-state index contributed by atoms with van der Waals surface area (Å²) in [7, 11) is 1.89. The van der Waals surface area contributed by atoms with Crippen LogP contribution in [-0.2, 0) is 30.9 Å². The van der Waals surface area contributed by atoms with Crippen molar-refractivity contribution in [3.63, 3.8) is 0 Å². The van der Waals surface area contributed by atoms with Gasteiger partial charge in [-0.25, -0.2) is 0 Å². The topological polar surface area (TPSA) is 70.4 Å². The molecule has 0 bridgehead atoms. The van der Waals surface area contributed by atoms with Gasteiger partial charge < -0.3 is 15.3 Å². The summed E-state index contributed by atoms with van der Waals surface area (Å²) in [4.78, 5) is 14.6. The Bertz CT molecular complexity index is 975. The van der Waals surface area contributed by atoms with E-state index < -0.39 is 17.8 Å². The number of alkyl halides is 3. The second-order valence-corrected chi connectivity index (χ2v) is 9.32. The first-order chi connectivity index (χ1) is 15.7. The summed E-state index contributed by atoms with van der Waals surface area (Å²) >= 11 is 0. The lowest BCUT2D eigenvalue weighted by atomic mass is 9.87. The normalized spacial score (nSPS) is 22.2. The molecule has 0 radical (unpaired) electrons. The van der Waals surface area contributed by atoms with Crippen molar-refractivity contribution >= 4 is 5.91 Å². The fourth-order valence-electron chi connectivity index (χ4n) is 5.00. The maximum absolute atomic E-state index is 13.0. The quantitative estimate of drug-likeness (QED) is 0.661. The summed E-state index contributed by atoms with van der Waals surface area (Å²) in [6, 6.07) is 5.53. The van der Waals surface area contributed by atoms with Crippen molar-refractivity contribution in [3.05, 3.63) is 52.8 Å². The SMILES string of the molecule is Cn1cc2c(n1)CCC(C(=O)NCC[C@@H](O)CN1CCC(c3cccc(C(F)(F)F)c3)C1)C2. The summed E-state index contributed by atoms with van der Waals surface area (Å²) in [6.45, 7) is 2.22. The van der Waals surface area contributed by atoms with Crippen molar-refractivity contribution in [2.45, 2.75) is 50.3 Å². The van der Waals surface area contributed by atoms with Crippen LogP contribution in [0.25, 0.3) is 0 Å². The lowest BCUT2D eigenvalue weighted by Gasteiger charge is -2.22. The smallest absolute Gasteiger partial charge is 0.392 e. The zero-order valence-electron chi connectivity index (χ0n) is 18.8. The molecule has 1 fully saturated rings. The van der Waals surface area contributed by atoms with Crippen LogP contribution in [-0.4, -0.2) is 58.0 Å². The molecule has 1 aromatic carbocycles. The van der Waals surface area contributed by atoms with Crippen LogP contribution >= 0.6 is 0 Å². The molecule has 1 amide bonds. The first kappa shape index (κ1) is 23.8. The number of amides is 1. The molecule has 1 aliphatic heterocycles. The van der Waals surface area contributed by atoms with Gasteiger partial charge in [0, 0.05) is 38.8 Å². The first-order valence-corrected chi connectivity index (χ1v) is 11.6. The van der Waals surface area contributed by atoms with Crippen LogP contribution in [0.3, 0.4) is 0 Å². The Morgan fingerprint density at radius 3 is 2.94 bits per heavy atom. The maximum Gasteiger partial charge on any atom is 0.416 e. The van der Waals surface area contributed by atoms with E-state index >= 15 is 0 Å². The molecule has 2 heterocycles. The number of hydrogen-bond acceptors (Lipinski definition) is 4. The molecule has 9 heteroatoms. The molecule has 1 saturated heterocycles. The third-order valence-corrected chi connectivity index (χ3v) is 6.76. The van der Waals surface area contributed by atoms with E-state index in [0.29, 0.717) is 38.0 Å². The van der Waals surface area contributed by atoms with Gasteiger partial charge in [-0.05, 0) is 61.8 Å². The molecule has 1 aliphatic carbocycles. The van der Waals surface area contributed by atoms with Gasteiger partial charge in [0.1, 0.15) is 0 Å². The number of carbonyl (C=O) groups excluding carboxylic acids is 1. The number of likely N-dealkylation sites (tertiary alicyclic amines) is 1. The summed E-state index contributed by atoms with van der Waals surface area (Å²) < 4.78 is 40.7. The minimum atomic E-state index is -4.34. The number of rotatable bonds is 7. The minimum absolute atomic E-state index is 0.0162. The van der Waals surface area contributed by atoms with E-state index in [1.807, 2.05) is 13.2 Å². The lowest BCUT2D eigenvalue weighted by Crippen LogP contribution is -2.37. The molecule has 4 rings (SSSR count). The highest BCUT2D eigenvalue weighted by atomic mass is 19.4. The molecular formula is C24H31F3N4O2. The predicted molar refractivity (Wildman–Crippen MR) is 118 cm³/mol. The third kappa shape index (κ3) is 5.95. The number of nitrogens with zero attached hydrogens (tertiary/aromatic N) is 3. The van der Waals surface area contributed by atoms with E-state index in [1.165, 1.54) is 12.1 Å². The fraction of sp³-hybridized carbons (Fsp3) is 0.583. The summed E-state index contributed by atoms with van der Waals surface area (Å²) in [5.74, 6) is -0.0176. The minimum Gasteiger partial charge on any atom is -0.392 e. The van der Waals surface area contributed by atoms with Gasteiger partial charge in [0.25, 0.3) is 0 Å². The molecule has 2 aliphatic rings. The van der Waals surface area contributed by atoms with Gasteiger partial charge in [0.05, 0.1) is 17.4 Å². The van der Waals surface area contributed by atoms with E-state index in [2.05, 4.69) is 15.3 Å². The number of fused-ring (bicyclic) bond motifs is 1. The molecule has 6 nitrogen and oxygen atoms in total. The Labute approximate surface area is 191 Å². The average Bonchev–Trinajstić information content (AvgIpc) is 3.38. The largest absolute Gasteiger partial charge is 0.416 e. The molecule has 2 unspecified atom stereocenters. The highest BCUT2D eigenvalue weighted by molar-refractivity contribution is 5.79. The summed E-state index contributed by atoms with van der Waals surface area (Å²) in [6.07, 6.45) is 0.532. The first-order valence-electron chi connectivity index (χ1n) is 11.6. The maximum atomic E-state index is 13.0. The Morgan fingerprint density at radius 2 is 2.15 bits per heavy atom. The molecular weight excluding hydrogens is 433 g/mol. The molecule has 2 N–H and O–H groups in total. The van der Waals surface area contributed by atoms with Gasteiger partial charge in [-0.1, -0.05) is 18.2 Å². The van der Waals surface area contributed by atoms with Crippen molar-refractivity contribution in [1.29, 1.82) is 0 Å². The Balaban J connectivity index is 1.19. The Hall–Kier alpha value is -2.39. The Morgan fingerprint density at radius 1 is 1.33 bits per heavy atom. The van der Waals surface area contributed by atoms with Crippen LogP contribution in [0.1, 0.15) is 47.6 Å². The summed E-state index contributed by atoms with van der Waals surface area (Å²) in [5.41, 5.74) is 2.28. The van der Waals surface area contributed by atoms with Gasteiger partial charge in [-0.15, -0.1) is 0 Å². The monoisotopic (exact) mass is 464 g/mol. The number of β-amino-alcohol motifs (C(OH)–C–C–N with tert-alkyl or cyclic N) is 1. The zero-order chi connectivity index (χ0) is 23.6. The molecule has 0 saturated carbocycles. The lowest BCUT2D eigenvalue weighted by molar-refractivity contribution is -0.137. The van der Waals surface area contributed by atoms with Crippen LogP contribution in [0.5, 0.6) is 0 Å². The summed E-state index contributed by atoms with van der Waals surface area (Å²) in [5, 5.41) is 17.8. The number of nitrogens with one attached hydrogen (secondary N) is 1. The van der Waals surface area contributed by atoms with Crippen molar-refractivity contribution in [2.75, 3.05) is 26.2 Å². The van der Waals surface area contributed by atoms with E-state index in [4.69, 9.17) is 0 Å². The van der Waals surface area contributed by atoms with E-state index in [1.54, 1.807) is 10.7 Å². The highest BCUT2D eigenvalue weighted by Crippen LogP contribution is 2.33. The molecule has 33 heavy (non-hydrogen) atoms. The van der Waals surface area contributed by atoms with Crippen LogP contribution in [0, 0.1) is 5.92 Å². The van der Waals surface area contributed by atoms with Crippen molar-refractivity contribution in [2.24, 2.45) is 13.0 Å². The fourth-order valence-corrected chi connectivity index (χ4v) is 5.00. The van der Waals surface area contributed by atoms with E-state index in [0.717, 1.165) is 43.1 Å². The third-order valence-electron chi connectivity index (χ3n) is 6.76. The van der Waals surface area contributed by atoms with Crippen LogP contribution in [0.15, 0.2) is 30.5 Å². The van der Waals surface area contributed by atoms with Gasteiger partial charge in [-0.2, -0.15) is 18.3 Å². The number of halogens is 3. The van der Waals surface area contributed by atoms with Gasteiger partial charge in [0.15, 0.2) is 0 Å². The molecule has 0 spiro atoms. The Kier molecular flexibility index (Phi) is 7.09. The van der Waals surface area contributed by atoms with Crippen LogP contribution in [0.4, 0.5) is 13.2 Å². The van der Waals surface area contributed by atoms with Gasteiger partial charge in [0.2, 0.25) is 5.91 Å². The molecule has 2 aromatic rings. The van der Waals surface area contributed by atoms with Crippen LogP contribution < -0.4 is 5.32 Å². The van der Waals surface area contributed by atoms with E-state index in [9.17, 15) is 23.1 Å².